The molecule has 16 heteroatoms. The van der Waals surface area contributed by atoms with E-state index in [1.807, 2.05) is 93.3 Å². The van der Waals surface area contributed by atoms with Gasteiger partial charge in [-0.15, -0.1) is 6.42 Å². The van der Waals surface area contributed by atoms with Gasteiger partial charge in [0.2, 0.25) is 29.5 Å². The van der Waals surface area contributed by atoms with Crippen molar-refractivity contribution >= 4 is 41.3 Å². The zero-order valence-corrected chi connectivity index (χ0v) is 38.8. The number of nitrogens with zero attached hydrogens (tertiary/aromatic N) is 3. The Hall–Kier alpha value is -5.63. The number of amides is 5. The number of ketones is 1. The predicted octanol–water partition coefficient (Wildman–Crippen LogP) is 2.67. The van der Waals surface area contributed by atoms with Gasteiger partial charge >= 0.3 is 5.97 Å². The van der Waals surface area contributed by atoms with Crippen LogP contribution < -0.4 is 16.0 Å². The number of hydrogen-bond acceptors (Lipinski definition) is 11. The molecule has 0 saturated carbocycles. The summed E-state index contributed by atoms with van der Waals surface area (Å²) in [6.07, 6.45) is 5.96. The van der Waals surface area contributed by atoms with Gasteiger partial charge in [0, 0.05) is 33.0 Å². The average Bonchev–Trinajstić information content (AvgIpc) is 4.04. The van der Waals surface area contributed by atoms with Crippen LogP contribution in [0.2, 0.25) is 0 Å². The number of epoxide rings is 1. The first-order valence-electron chi connectivity index (χ1n) is 22.6. The number of morpholine rings is 1. The fourth-order valence-electron chi connectivity index (χ4n) is 7.49. The van der Waals surface area contributed by atoms with Crippen LogP contribution in [-0.4, -0.2) is 146 Å². The summed E-state index contributed by atoms with van der Waals surface area (Å²) in [5.74, 6) is -1.36. The normalized spacial score (nSPS) is 17.7. The van der Waals surface area contributed by atoms with Crippen molar-refractivity contribution in [1.29, 1.82) is 0 Å². The molecule has 65 heavy (non-hydrogen) atoms. The van der Waals surface area contributed by atoms with E-state index < -0.39 is 66.1 Å². The highest BCUT2D eigenvalue weighted by molar-refractivity contribution is 5.99. The second kappa shape index (κ2) is 25.8. The van der Waals surface area contributed by atoms with E-state index in [1.165, 1.54) is 16.8 Å². The molecule has 3 N–H and O–H groups in total. The summed E-state index contributed by atoms with van der Waals surface area (Å²) in [6.45, 7) is 10.8. The molecule has 2 aromatic carbocycles. The number of aryl methyl sites for hydroxylation is 1. The Morgan fingerprint density at radius 1 is 0.785 bits per heavy atom. The highest BCUT2D eigenvalue weighted by Gasteiger charge is 2.50. The molecule has 16 nitrogen and oxygen atoms in total. The number of Topliss-reactive ketones (excluding diaryl/α,β-unsaturated/α-hetero) is 1. The third kappa shape index (κ3) is 17.4. The van der Waals surface area contributed by atoms with Crippen LogP contribution in [0.1, 0.15) is 77.8 Å². The molecule has 0 spiro atoms. The molecular formula is C49H68N6O10. The van der Waals surface area contributed by atoms with Crippen molar-refractivity contribution in [2.24, 2.45) is 11.8 Å². The lowest BCUT2D eigenvalue weighted by atomic mass is 9.93. The number of terminal acetylenes is 1. The van der Waals surface area contributed by atoms with Crippen LogP contribution in [0.25, 0.3) is 0 Å². The van der Waals surface area contributed by atoms with Crippen LogP contribution >= 0.6 is 0 Å². The predicted molar refractivity (Wildman–Crippen MR) is 244 cm³/mol. The zero-order chi connectivity index (χ0) is 47.5. The fourth-order valence-corrected chi connectivity index (χ4v) is 7.49. The number of ether oxygens (including phenoxy) is 3. The summed E-state index contributed by atoms with van der Waals surface area (Å²) in [5.41, 5.74) is 0.666. The summed E-state index contributed by atoms with van der Waals surface area (Å²) < 4.78 is 16.5. The first kappa shape index (κ1) is 52.0. The molecule has 2 aromatic rings. The fraction of sp³-hybridized carbons (Fsp3) is 0.571. The number of carbonyl (C=O) groups excluding carboxylic acids is 7. The minimum atomic E-state index is -1.22. The molecule has 354 valence electrons. The van der Waals surface area contributed by atoms with Crippen molar-refractivity contribution in [1.82, 2.24) is 30.7 Å². The maximum absolute atomic E-state index is 14.8. The summed E-state index contributed by atoms with van der Waals surface area (Å²) in [5, 5.41) is 8.71. The number of nitrogens with one attached hydrogen (secondary N) is 3. The van der Waals surface area contributed by atoms with Crippen LogP contribution in [-0.2, 0) is 60.6 Å². The third-order valence-electron chi connectivity index (χ3n) is 11.4. The number of hydrogen-bond donors (Lipinski definition) is 3. The Bertz CT molecular complexity index is 1940. The molecule has 5 amide bonds. The first-order valence-corrected chi connectivity index (χ1v) is 22.6. The van der Waals surface area contributed by atoms with Crippen molar-refractivity contribution in [3.8, 4) is 12.3 Å². The SMILES string of the molecule is C#CCN(C)C(=O)CCC(=O)OCN(C(=O)CN1CCOCC1)[C@@H](CCc1ccccc1)C(=O)N[C@@H](CC(C)C)C(=O)N[C@@H](Cc1ccccc1)C(=O)N[C@@H](CC(C)C)C(=O)[C@]1(C)CO1. The number of benzene rings is 2. The van der Waals surface area contributed by atoms with Crippen LogP contribution in [0.3, 0.4) is 0 Å². The lowest BCUT2D eigenvalue weighted by Crippen LogP contribution is -2.60. The molecule has 2 fully saturated rings. The van der Waals surface area contributed by atoms with E-state index >= 15 is 0 Å². The lowest BCUT2D eigenvalue weighted by Gasteiger charge is -2.34. The van der Waals surface area contributed by atoms with E-state index in [0.29, 0.717) is 39.1 Å². The minimum Gasteiger partial charge on any atom is -0.444 e. The van der Waals surface area contributed by atoms with E-state index in [0.717, 1.165) is 11.1 Å². The van der Waals surface area contributed by atoms with Gasteiger partial charge in [-0.3, -0.25) is 43.4 Å². The molecule has 0 unspecified atom stereocenters. The van der Waals surface area contributed by atoms with Gasteiger partial charge in [0.05, 0.1) is 45.4 Å². The molecule has 0 aromatic heterocycles. The molecule has 2 saturated heterocycles. The van der Waals surface area contributed by atoms with Gasteiger partial charge in [0.25, 0.3) is 0 Å². The number of carbonyl (C=O) groups is 7. The van der Waals surface area contributed by atoms with Gasteiger partial charge in [-0.05, 0) is 55.6 Å². The summed E-state index contributed by atoms with van der Waals surface area (Å²) in [4.78, 5) is 101. The molecule has 2 aliphatic heterocycles. The zero-order valence-electron chi connectivity index (χ0n) is 38.8. The smallest absolute Gasteiger partial charge is 0.308 e. The number of rotatable bonds is 26. The quantitative estimate of drug-likeness (QED) is 0.0544. The highest BCUT2D eigenvalue weighted by Crippen LogP contribution is 2.30. The Morgan fingerprint density at radius 2 is 1.34 bits per heavy atom. The average molecular weight is 901 g/mol. The molecule has 0 radical (unpaired) electrons. The van der Waals surface area contributed by atoms with E-state index in [1.54, 1.807) is 6.92 Å². The van der Waals surface area contributed by atoms with Crippen LogP contribution in [0, 0.1) is 24.2 Å². The molecular weight excluding hydrogens is 833 g/mol. The second-order valence-electron chi connectivity index (χ2n) is 17.9. The highest BCUT2D eigenvalue weighted by atomic mass is 16.6. The van der Waals surface area contributed by atoms with Gasteiger partial charge in [0.15, 0.2) is 12.5 Å². The first-order chi connectivity index (χ1) is 31.0. The van der Waals surface area contributed by atoms with E-state index in [9.17, 15) is 33.6 Å². The molecule has 0 bridgehead atoms. The standard InChI is InChI=1S/C49H68N6O10/c1-8-23-53(7)42(56)21-22-44(58)64-33-55(43(57)31-54-24-26-63-27-25-54)41(20-19-36-15-11-9-12-16-36)48(62)52-39(29-35(4)5)46(60)51-40(30-37-17-13-10-14-18-37)47(61)50-38(28-34(2)3)45(59)49(6)32-65-49/h1,9-18,34-35,38-41H,19-33H2,2-7H3,(H,50,61)(H,51,60)(H,52,62)/t38-,39-,40-,41-,49-/m0/s1. The molecule has 5 atom stereocenters. The monoisotopic (exact) mass is 900 g/mol. The van der Waals surface area contributed by atoms with Gasteiger partial charge in [0.1, 0.15) is 23.7 Å². The van der Waals surface area contributed by atoms with Gasteiger partial charge in [-0.1, -0.05) is 94.3 Å². The summed E-state index contributed by atoms with van der Waals surface area (Å²) in [6, 6.07) is 14.2. The topological polar surface area (TPSA) is 196 Å². The Labute approximate surface area is 383 Å². The summed E-state index contributed by atoms with van der Waals surface area (Å²) >= 11 is 0. The number of esters is 1. The van der Waals surface area contributed by atoms with Crippen molar-refractivity contribution < 1.29 is 47.8 Å². The van der Waals surface area contributed by atoms with Crippen LogP contribution in [0.4, 0.5) is 0 Å². The van der Waals surface area contributed by atoms with E-state index in [-0.39, 0.29) is 75.3 Å². The molecule has 4 rings (SSSR count). The van der Waals surface area contributed by atoms with Crippen molar-refractivity contribution in [3.63, 3.8) is 0 Å². The van der Waals surface area contributed by atoms with Crippen molar-refractivity contribution in [2.45, 2.75) is 109 Å². The van der Waals surface area contributed by atoms with Gasteiger partial charge in [-0.2, -0.15) is 0 Å². The minimum absolute atomic E-state index is 0.0635. The van der Waals surface area contributed by atoms with Gasteiger partial charge in [-0.25, -0.2) is 0 Å². The Morgan fingerprint density at radius 3 is 1.92 bits per heavy atom. The maximum Gasteiger partial charge on any atom is 0.308 e. The molecule has 2 aliphatic rings. The van der Waals surface area contributed by atoms with Crippen LogP contribution in [0.5, 0.6) is 0 Å². The Kier molecular flexibility index (Phi) is 20.6. The van der Waals surface area contributed by atoms with Gasteiger partial charge < -0.3 is 35.1 Å². The molecule has 2 heterocycles. The van der Waals surface area contributed by atoms with E-state index in [4.69, 9.17) is 20.6 Å². The van der Waals surface area contributed by atoms with Crippen molar-refractivity contribution in [2.75, 3.05) is 59.8 Å². The maximum atomic E-state index is 14.8. The lowest BCUT2D eigenvalue weighted by molar-refractivity contribution is -0.160. The second-order valence-corrected chi connectivity index (χ2v) is 17.9. The largest absolute Gasteiger partial charge is 0.444 e. The van der Waals surface area contributed by atoms with Crippen LogP contribution in [0.15, 0.2) is 60.7 Å². The third-order valence-corrected chi connectivity index (χ3v) is 11.4. The Balaban J connectivity index is 1.63. The van der Waals surface area contributed by atoms with Crippen molar-refractivity contribution in [3.05, 3.63) is 71.8 Å². The van der Waals surface area contributed by atoms with E-state index in [2.05, 4.69) is 21.9 Å². The molecule has 0 aliphatic carbocycles. The summed E-state index contributed by atoms with van der Waals surface area (Å²) in [7, 11) is 1.53.